The van der Waals surface area contributed by atoms with E-state index in [-0.39, 0.29) is 12.5 Å². The fourth-order valence-corrected chi connectivity index (χ4v) is 2.98. The Morgan fingerprint density at radius 2 is 1.88 bits per heavy atom. The lowest BCUT2D eigenvalue weighted by molar-refractivity contribution is -0.134. The number of ether oxygens (including phenoxy) is 1. The van der Waals surface area contributed by atoms with E-state index in [1.165, 1.54) is 0 Å². The van der Waals surface area contributed by atoms with Crippen molar-refractivity contribution in [2.75, 3.05) is 25.0 Å². The van der Waals surface area contributed by atoms with Crippen LogP contribution in [0, 0.1) is 6.92 Å². The van der Waals surface area contributed by atoms with Crippen LogP contribution in [0.2, 0.25) is 0 Å². The highest BCUT2D eigenvalue weighted by molar-refractivity contribution is 5.77. The molecule has 1 aliphatic rings. The van der Waals surface area contributed by atoms with E-state index in [4.69, 9.17) is 4.74 Å². The van der Waals surface area contributed by atoms with Gasteiger partial charge in [-0.15, -0.1) is 0 Å². The molecule has 1 aliphatic heterocycles. The Labute approximate surface area is 143 Å². The van der Waals surface area contributed by atoms with Crippen LogP contribution in [0.4, 0.5) is 5.69 Å². The number of aryl methyl sites for hydroxylation is 1. The van der Waals surface area contributed by atoms with E-state index in [9.17, 15) is 4.79 Å². The third-order valence-electron chi connectivity index (χ3n) is 4.34. The molecule has 24 heavy (non-hydrogen) atoms. The molecule has 4 nitrogen and oxygen atoms in total. The first-order valence-corrected chi connectivity index (χ1v) is 8.49. The average Bonchev–Trinajstić information content (AvgIpc) is 2.61. The highest BCUT2D eigenvalue weighted by Gasteiger charge is 2.22. The zero-order valence-electron chi connectivity index (χ0n) is 14.1. The Bertz CT molecular complexity index is 664. The number of carbonyl (C=O) groups excluding carboxylic acids is 1. The summed E-state index contributed by atoms with van der Waals surface area (Å²) in [4.78, 5) is 14.2. The molecule has 0 bridgehead atoms. The molecule has 1 amide bonds. The minimum Gasteiger partial charge on any atom is -0.484 e. The molecule has 1 N–H and O–H groups in total. The van der Waals surface area contributed by atoms with E-state index in [0.29, 0.717) is 6.04 Å². The number of hydrogen-bond donors (Lipinski definition) is 1. The lowest BCUT2D eigenvalue weighted by Gasteiger charge is -2.32. The van der Waals surface area contributed by atoms with E-state index in [0.717, 1.165) is 42.9 Å². The van der Waals surface area contributed by atoms with Crippen LogP contribution in [-0.4, -0.2) is 36.5 Å². The topological polar surface area (TPSA) is 41.6 Å². The van der Waals surface area contributed by atoms with E-state index < -0.39 is 0 Å². The van der Waals surface area contributed by atoms with Gasteiger partial charge in [0.15, 0.2) is 6.61 Å². The van der Waals surface area contributed by atoms with Crippen LogP contribution in [0.25, 0.3) is 0 Å². The SMILES string of the molecule is Cc1cccc(OCC(=O)N2CCC(Nc3ccccc3)CC2)c1. The standard InChI is InChI=1S/C20H24N2O2/c1-16-6-5-9-19(14-16)24-15-20(23)22-12-10-18(11-13-22)21-17-7-3-2-4-8-17/h2-9,14,18,21H,10-13,15H2,1H3. The monoisotopic (exact) mass is 324 g/mol. The molecule has 0 atom stereocenters. The first-order valence-electron chi connectivity index (χ1n) is 8.49. The van der Waals surface area contributed by atoms with Crippen molar-refractivity contribution in [1.29, 1.82) is 0 Å². The molecule has 0 aliphatic carbocycles. The van der Waals surface area contributed by atoms with Crippen molar-refractivity contribution in [2.24, 2.45) is 0 Å². The van der Waals surface area contributed by atoms with Crippen LogP contribution in [0.15, 0.2) is 54.6 Å². The Morgan fingerprint density at radius 1 is 1.12 bits per heavy atom. The summed E-state index contributed by atoms with van der Waals surface area (Å²) in [7, 11) is 0. The molecule has 0 aromatic heterocycles. The van der Waals surface area contributed by atoms with Gasteiger partial charge in [-0.2, -0.15) is 0 Å². The number of amides is 1. The van der Waals surface area contributed by atoms with Crippen LogP contribution in [-0.2, 0) is 4.79 Å². The van der Waals surface area contributed by atoms with Crippen molar-refractivity contribution in [3.8, 4) is 5.75 Å². The lowest BCUT2D eigenvalue weighted by atomic mass is 10.0. The summed E-state index contributed by atoms with van der Waals surface area (Å²) in [5, 5.41) is 3.54. The van der Waals surface area contributed by atoms with Gasteiger partial charge in [-0.05, 0) is 49.6 Å². The molecule has 2 aromatic rings. The molecule has 1 fully saturated rings. The van der Waals surface area contributed by atoms with E-state index in [1.54, 1.807) is 0 Å². The van der Waals surface area contributed by atoms with Gasteiger partial charge in [-0.25, -0.2) is 0 Å². The second-order valence-corrected chi connectivity index (χ2v) is 6.27. The summed E-state index contributed by atoms with van der Waals surface area (Å²) in [5.74, 6) is 0.818. The largest absolute Gasteiger partial charge is 0.484 e. The summed E-state index contributed by atoms with van der Waals surface area (Å²) in [6, 6.07) is 18.4. The number of rotatable bonds is 5. The molecule has 0 unspecified atom stereocenters. The van der Waals surface area contributed by atoms with Crippen molar-refractivity contribution in [3.05, 3.63) is 60.2 Å². The zero-order valence-corrected chi connectivity index (χ0v) is 14.1. The molecule has 1 saturated heterocycles. The fraction of sp³-hybridized carbons (Fsp3) is 0.350. The van der Waals surface area contributed by atoms with Crippen LogP contribution >= 0.6 is 0 Å². The zero-order chi connectivity index (χ0) is 16.8. The molecule has 1 heterocycles. The van der Waals surface area contributed by atoms with Crippen molar-refractivity contribution in [2.45, 2.75) is 25.8 Å². The minimum absolute atomic E-state index is 0.0645. The Morgan fingerprint density at radius 3 is 2.58 bits per heavy atom. The fourth-order valence-electron chi connectivity index (χ4n) is 2.98. The number of piperidine rings is 1. The molecular weight excluding hydrogens is 300 g/mol. The molecule has 3 rings (SSSR count). The Kier molecular flexibility index (Phi) is 5.36. The first-order chi connectivity index (χ1) is 11.7. The number of carbonyl (C=O) groups is 1. The second kappa shape index (κ2) is 7.86. The van der Waals surface area contributed by atoms with E-state index in [2.05, 4.69) is 17.4 Å². The Balaban J connectivity index is 1.43. The van der Waals surface area contributed by atoms with Crippen LogP contribution in [0.5, 0.6) is 5.75 Å². The third kappa shape index (κ3) is 4.51. The number of nitrogens with zero attached hydrogens (tertiary/aromatic N) is 1. The quantitative estimate of drug-likeness (QED) is 0.915. The average molecular weight is 324 g/mol. The normalized spacial score (nSPS) is 15.1. The van der Waals surface area contributed by atoms with Crippen molar-refractivity contribution in [3.63, 3.8) is 0 Å². The molecular formula is C20H24N2O2. The maximum Gasteiger partial charge on any atom is 0.260 e. The summed E-state index contributed by atoms with van der Waals surface area (Å²) >= 11 is 0. The highest BCUT2D eigenvalue weighted by atomic mass is 16.5. The maximum atomic E-state index is 12.3. The molecule has 2 aromatic carbocycles. The van der Waals surface area contributed by atoms with E-state index in [1.807, 2.05) is 54.3 Å². The van der Waals surface area contributed by atoms with E-state index >= 15 is 0 Å². The van der Waals surface area contributed by atoms with Gasteiger partial charge >= 0.3 is 0 Å². The van der Waals surface area contributed by atoms with Gasteiger partial charge in [0.1, 0.15) is 5.75 Å². The van der Waals surface area contributed by atoms with Gasteiger partial charge in [0.2, 0.25) is 0 Å². The van der Waals surface area contributed by atoms with Gasteiger partial charge < -0.3 is 15.0 Å². The van der Waals surface area contributed by atoms with Gasteiger partial charge in [0.05, 0.1) is 0 Å². The number of para-hydroxylation sites is 1. The van der Waals surface area contributed by atoms with Crippen LogP contribution in [0.3, 0.4) is 0 Å². The molecule has 0 spiro atoms. The molecule has 0 radical (unpaired) electrons. The Hall–Kier alpha value is -2.49. The predicted octanol–water partition coefficient (Wildman–Crippen LogP) is 3.48. The number of benzene rings is 2. The second-order valence-electron chi connectivity index (χ2n) is 6.27. The van der Waals surface area contributed by atoms with Crippen LogP contribution in [0.1, 0.15) is 18.4 Å². The maximum absolute atomic E-state index is 12.3. The van der Waals surface area contributed by atoms with Gasteiger partial charge in [0.25, 0.3) is 5.91 Å². The number of likely N-dealkylation sites (tertiary alicyclic amines) is 1. The van der Waals surface area contributed by atoms with Gasteiger partial charge in [0, 0.05) is 24.8 Å². The molecule has 0 saturated carbocycles. The smallest absolute Gasteiger partial charge is 0.260 e. The van der Waals surface area contributed by atoms with Crippen LogP contribution < -0.4 is 10.1 Å². The number of hydrogen-bond acceptors (Lipinski definition) is 3. The first kappa shape index (κ1) is 16.4. The minimum atomic E-state index is 0.0645. The van der Waals surface area contributed by atoms with Gasteiger partial charge in [-0.1, -0.05) is 30.3 Å². The summed E-state index contributed by atoms with van der Waals surface area (Å²) in [5.41, 5.74) is 2.28. The molecule has 4 heteroatoms. The van der Waals surface area contributed by atoms with Crippen molar-refractivity contribution < 1.29 is 9.53 Å². The molecule has 126 valence electrons. The predicted molar refractivity (Wildman–Crippen MR) is 96.3 cm³/mol. The number of anilines is 1. The number of nitrogens with one attached hydrogen (secondary N) is 1. The summed E-state index contributed by atoms with van der Waals surface area (Å²) in [6.45, 7) is 3.68. The summed E-state index contributed by atoms with van der Waals surface area (Å²) in [6.07, 6.45) is 1.93. The van der Waals surface area contributed by atoms with Crippen molar-refractivity contribution >= 4 is 11.6 Å². The lowest BCUT2D eigenvalue weighted by Crippen LogP contribution is -2.44. The van der Waals surface area contributed by atoms with Gasteiger partial charge in [-0.3, -0.25) is 4.79 Å². The summed E-state index contributed by atoms with van der Waals surface area (Å²) < 4.78 is 5.62. The van der Waals surface area contributed by atoms with Crippen molar-refractivity contribution in [1.82, 2.24) is 4.90 Å². The highest BCUT2D eigenvalue weighted by Crippen LogP contribution is 2.17. The third-order valence-corrected chi connectivity index (χ3v) is 4.34.